The Kier molecular flexibility index (Phi) is 5.68. The molecular weight excluding hydrogens is 338 g/mol. The summed E-state index contributed by atoms with van der Waals surface area (Å²) in [6.07, 6.45) is 5.22. The molecule has 2 heterocycles. The van der Waals surface area contributed by atoms with Gasteiger partial charge in [-0.2, -0.15) is 0 Å². The predicted molar refractivity (Wildman–Crippen MR) is 105 cm³/mol. The molecule has 27 heavy (non-hydrogen) atoms. The maximum absolute atomic E-state index is 12.8. The lowest BCUT2D eigenvalue weighted by Crippen LogP contribution is -2.49. The second kappa shape index (κ2) is 8.53. The van der Waals surface area contributed by atoms with Gasteiger partial charge in [-0.15, -0.1) is 0 Å². The Hall–Kier alpha value is -2.40. The minimum Gasteiger partial charge on any atom is -0.477 e. The van der Waals surface area contributed by atoms with Crippen molar-refractivity contribution in [2.24, 2.45) is 5.92 Å². The number of benzene rings is 1. The fraction of sp³-hybridized carbons (Fsp3) is 0.455. The fourth-order valence-corrected chi connectivity index (χ4v) is 3.40. The first-order valence-corrected chi connectivity index (χ1v) is 9.92. The highest BCUT2D eigenvalue weighted by Gasteiger charge is 2.24. The standard InChI is InChI=1S/C22H27N3O2/c26-22(20-8-10-23-21(16-20)27-17-19-6-7-19)25-14-12-24(13-15-25)11-9-18-4-2-1-3-5-18/h1-5,8,10,16,19H,6-7,9,11-15,17H2. The summed E-state index contributed by atoms with van der Waals surface area (Å²) in [7, 11) is 0. The number of nitrogens with zero attached hydrogens (tertiary/aromatic N) is 3. The summed E-state index contributed by atoms with van der Waals surface area (Å²) in [6.45, 7) is 5.15. The van der Waals surface area contributed by atoms with Gasteiger partial charge in [0.2, 0.25) is 5.88 Å². The van der Waals surface area contributed by atoms with Gasteiger partial charge in [0.15, 0.2) is 0 Å². The number of ether oxygens (including phenoxy) is 1. The Morgan fingerprint density at radius 3 is 2.59 bits per heavy atom. The first kappa shape index (κ1) is 18.0. The van der Waals surface area contributed by atoms with Crippen LogP contribution in [0.5, 0.6) is 5.88 Å². The van der Waals surface area contributed by atoms with Crippen LogP contribution >= 0.6 is 0 Å². The van der Waals surface area contributed by atoms with Gasteiger partial charge in [-0.1, -0.05) is 30.3 Å². The Balaban J connectivity index is 1.26. The first-order valence-electron chi connectivity index (χ1n) is 9.92. The van der Waals surface area contributed by atoms with Gasteiger partial charge in [0, 0.05) is 50.6 Å². The molecule has 1 saturated carbocycles. The van der Waals surface area contributed by atoms with Gasteiger partial charge in [0.25, 0.3) is 5.91 Å². The lowest BCUT2D eigenvalue weighted by Gasteiger charge is -2.34. The van der Waals surface area contributed by atoms with Crippen LogP contribution in [0.3, 0.4) is 0 Å². The van der Waals surface area contributed by atoms with E-state index in [9.17, 15) is 4.79 Å². The summed E-state index contributed by atoms with van der Waals surface area (Å²) in [5.41, 5.74) is 2.04. The van der Waals surface area contributed by atoms with Crippen molar-refractivity contribution >= 4 is 5.91 Å². The third-order valence-corrected chi connectivity index (χ3v) is 5.36. The van der Waals surface area contributed by atoms with E-state index in [1.165, 1.54) is 18.4 Å². The van der Waals surface area contributed by atoms with Gasteiger partial charge in [-0.25, -0.2) is 4.98 Å². The van der Waals surface area contributed by atoms with Crippen molar-refractivity contribution in [2.75, 3.05) is 39.3 Å². The summed E-state index contributed by atoms with van der Waals surface area (Å²) in [5, 5.41) is 0. The van der Waals surface area contributed by atoms with Crippen LogP contribution in [0.2, 0.25) is 0 Å². The van der Waals surface area contributed by atoms with E-state index in [4.69, 9.17) is 4.74 Å². The van der Waals surface area contributed by atoms with Crippen molar-refractivity contribution in [2.45, 2.75) is 19.3 Å². The second-order valence-electron chi connectivity index (χ2n) is 7.51. The van der Waals surface area contributed by atoms with Crippen LogP contribution in [-0.2, 0) is 6.42 Å². The van der Waals surface area contributed by atoms with Crippen LogP contribution in [0, 0.1) is 5.92 Å². The van der Waals surface area contributed by atoms with Crippen LogP contribution in [0.15, 0.2) is 48.7 Å². The van der Waals surface area contributed by atoms with E-state index in [0.717, 1.165) is 39.1 Å². The molecule has 5 heteroatoms. The zero-order valence-electron chi connectivity index (χ0n) is 15.7. The molecule has 142 valence electrons. The van der Waals surface area contributed by atoms with E-state index in [-0.39, 0.29) is 5.91 Å². The highest BCUT2D eigenvalue weighted by molar-refractivity contribution is 5.94. The molecule has 1 aromatic carbocycles. The van der Waals surface area contributed by atoms with Gasteiger partial charge in [0.05, 0.1) is 6.61 Å². The SMILES string of the molecule is O=C(c1ccnc(OCC2CC2)c1)N1CCN(CCc2ccccc2)CC1. The van der Waals surface area contributed by atoms with Gasteiger partial charge < -0.3 is 9.64 Å². The molecule has 5 nitrogen and oxygen atoms in total. The minimum atomic E-state index is 0.0800. The Morgan fingerprint density at radius 2 is 1.85 bits per heavy atom. The van der Waals surface area contributed by atoms with Crippen molar-refractivity contribution in [1.29, 1.82) is 0 Å². The predicted octanol–water partition coefficient (Wildman–Crippen LogP) is 2.87. The summed E-state index contributed by atoms with van der Waals surface area (Å²) >= 11 is 0. The smallest absolute Gasteiger partial charge is 0.254 e. The van der Waals surface area contributed by atoms with Crippen LogP contribution < -0.4 is 4.74 Å². The summed E-state index contributed by atoms with van der Waals surface area (Å²) in [5.74, 6) is 1.32. The van der Waals surface area contributed by atoms with Crippen LogP contribution in [0.1, 0.15) is 28.8 Å². The van der Waals surface area contributed by atoms with Crippen LogP contribution in [0.25, 0.3) is 0 Å². The number of pyridine rings is 1. The Morgan fingerprint density at radius 1 is 1.07 bits per heavy atom. The van der Waals surface area contributed by atoms with Gasteiger partial charge in [0.1, 0.15) is 0 Å². The second-order valence-corrected chi connectivity index (χ2v) is 7.51. The number of carbonyl (C=O) groups is 1. The monoisotopic (exact) mass is 365 g/mol. The third kappa shape index (κ3) is 5.07. The molecule has 1 aliphatic carbocycles. The fourth-order valence-electron chi connectivity index (χ4n) is 3.40. The van der Waals surface area contributed by atoms with E-state index >= 15 is 0 Å². The molecule has 2 aliphatic rings. The summed E-state index contributed by atoms with van der Waals surface area (Å²) < 4.78 is 5.71. The normalized spacial score (nSPS) is 17.7. The highest BCUT2D eigenvalue weighted by Crippen LogP contribution is 2.29. The van der Waals surface area contributed by atoms with Crippen molar-refractivity contribution in [3.05, 3.63) is 59.8 Å². The van der Waals surface area contributed by atoms with Crippen LogP contribution in [0.4, 0.5) is 0 Å². The van der Waals surface area contributed by atoms with Gasteiger partial charge in [-0.05, 0) is 36.8 Å². The molecule has 0 atom stereocenters. The molecular formula is C22H27N3O2. The zero-order chi connectivity index (χ0) is 18.5. The van der Waals surface area contributed by atoms with E-state index in [1.807, 2.05) is 4.90 Å². The number of hydrogen-bond donors (Lipinski definition) is 0. The van der Waals surface area contributed by atoms with Crippen LogP contribution in [-0.4, -0.2) is 60.0 Å². The van der Waals surface area contributed by atoms with Gasteiger partial charge >= 0.3 is 0 Å². The molecule has 2 fully saturated rings. The number of carbonyl (C=O) groups excluding carboxylic acids is 1. The molecule has 0 bridgehead atoms. The summed E-state index contributed by atoms with van der Waals surface area (Å²) in [4.78, 5) is 21.4. The van der Waals surface area contributed by atoms with E-state index in [0.29, 0.717) is 24.0 Å². The first-order chi connectivity index (χ1) is 13.3. The van der Waals surface area contributed by atoms with E-state index < -0.39 is 0 Å². The number of piperazine rings is 1. The Bertz CT molecular complexity index is 753. The van der Waals surface area contributed by atoms with E-state index in [1.54, 1.807) is 18.3 Å². The third-order valence-electron chi connectivity index (χ3n) is 5.36. The lowest BCUT2D eigenvalue weighted by atomic mass is 10.1. The van der Waals surface area contributed by atoms with Crippen molar-refractivity contribution < 1.29 is 9.53 Å². The molecule has 0 radical (unpaired) electrons. The average Bonchev–Trinajstić information content (AvgIpc) is 3.56. The molecule has 0 unspecified atom stereocenters. The molecule has 1 amide bonds. The lowest BCUT2D eigenvalue weighted by molar-refractivity contribution is 0.0638. The molecule has 0 spiro atoms. The Labute approximate surface area is 161 Å². The largest absolute Gasteiger partial charge is 0.477 e. The average molecular weight is 365 g/mol. The molecule has 1 aliphatic heterocycles. The molecule has 1 aromatic heterocycles. The molecule has 0 N–H and O–H groups in total. The number of hydrogen-bond acceptors (Lipinski definition) is 4. The van der Waals surface area contributed by atoms with E-state index in [2.05, 4.69) is 40.2 Å². The summed E-state index contributed by atoms with van der Waals surface area (Å²) in [6, 6.07) is 14.1. The quantitative estimate of drug-likeness (QED) is 0.757. The zero-order valence-corrected chi connectivity index (χ0v) is 15.7. The van der Waals surface area contributed by atoms with Crippen molar-refractivity contribution in [1.82, 2.24) is 14.8 Å². The van der Waals surface area contributed by atoms with Crippen molar-refractivity contribution in [3.63, 3.8) is 0 Å². The van der Waals surface area contributed by atoms with Gasteiger partial charge in [-0.3, -0.25) is 9.69 Å². The maximum atomic E-state index is 12.8. The number of aromatic nitrogens is 1. The molecule has 1 saturated heterocycles. The maximum Gasteiger partial charge on any atom is 0.254 e. The number of amides is 1. The van der Waals surface area contributed by atoms with Crippen molar-refractivity contribution in [3.8, 4) is 5.88 Å². The topological polar surface area (TPSA) is 45.7 Å². The number of rotatable bonds is 7. The highest BCUT2D eigenvalue weighted by atomic mass is 16.5. The molecule has 4 rings (SSSR count). The molecule has 2 aromatic rings. The minimum absolute atomic E-state index is 0.0800.